The van der Waals surface area contributed by atoms with Gasteiger partial charge in [0.25, 0.3) is 0 Å². The third kappa shape index (κ3) is 12.7. The maximum absolute atomic E-state index is 11.9. The molecule has 67 heavy (non-hydrogen) atoms. The SMILES string of the molecule is CC1(C)CCC(C)(C)c2cc(CBr)ccc21.COC(=O)C[C@@H](c1ccc(O)cc1)n1cccn1.COC(=O)C[C@@H](c1ccc(OCc2ccc3c(c2)C(C)(C)CCC3(C)C)cc1)n1cccn1. The summed E-state index contributed by atoms with van der Waals surface area (Å²) in [6, 6.07) is 31.6. The van der Waals surface area contributed by atoms with Crippen LogP contribution in [0.1, 0.15) is 151 Å². The Labute approximate surface area is 406 Å². The van der Waals surface area contributed by atoms with Crippen molar-refractivity contribution in [3.63, 3.8) is 0 Å². The predicted octanol–water partition coefficient (Wildman–Crippen LogP) is 12.6. The number of carbonyl (C=O) groups excluding carboxylic acids is 2. The number of hydrogen-bond acceptors (Lipinski definition) is 8. The van der Waals surface area contributed by atoms with Gasteiger partial charge in [-0.2, -0.15) is 10.2 Å². The van der Waals surface area contributed by atoms with E-state index < -0.39 is 0 Å². The molecule has 1 N–H and O–H groups in total. The van der Waals surface area contributed by atoms with Crippen LogP contribution in [0.2, 0.25) is 0 Å². The monoisotopic (exact) mass is 972 g/mol. The number of phenols is 1. The highest BCUT2D eigenvalue weighted by atomic mass is 79.9. The van der Waals surface area contributed by atoms with E-state index in [2.05, 4.69) is 118 Å². The number of carbonyl (C=O) groups is 2. The smallest absolute Gasteiger partial charge is 0.308 e. The van der Waals surface area contributed by atoms with Crippen molar-refractivity contribution in [1.82, 2.24) is 19.6 Å². The van der Waals surface area contributed by atoms with Crippen molar-refractivity contribution in [2.24, 2.45) is 0 Å². The molecule has 2 aromatic heterocycles. The first kappa shape index (κ1) is 50.7. The van der Waals surface area contributed by atoms with Gasteiger partial charge in [-0.3, -0.25) is 19.0 Å². The Kier molecular flexibility index (Phi) is 16.3. The maximum atomic E-state index is 11.9. The number of ether oxygens (including phenoxy) is 3. The fraction of sp³-hybridized carbons (Fsp3) is 0.429. The van der Waals surface area contributed by atoms with Crippen molar-refractivity contribution < 1.29 is 28.9 Å². The summed E-state index contributed by atoms with van der Waals surface area (Å²) >= 11 is 3.55. The second kappa shape index (κ2) is 21.5. The standard InChI is InChI=1S/C28H34N2O3.C15H21Br.C13H14N2O3/c1-27(2)13-14-28(3,4)24-17-20(7-12-23(24)27)19-33-22-10-8-21(9-11-22)25(18-26(31)32-5)30-16-6-15-29-30;1-14(2)7-8-15(3,4)13-9-11(10-16)5-6-12(13)14;1-18-13(17)9-12(15-8-2-7-14-15)10-3-5-11(16)6-4-10/h6-12,15-17,25H,13-14,18-19H2,1-5H3;5-6,9H,7-8,10H2,1-4H3;2-8,12,16H,9H2,1H3/t25-;;12-/m0.0/s1. The van der Waals surface area contributed by atoms with Crippen LogP contribution in [0.15, 0.2) is 122 Å². The van der Waals surface area contributed by atoms with E-state index in [0.29, 0.717) is 17.4 Å². The lowest BCUT2D eigenvalue weighted by molar-refractivity contribution is -0.142. The minimum Gasteiger partial charge on any atom is -0.508 e. The van der Waals surface area contributed by atoms with Crippen LogP contribution in [0.5, 0.6) is 11.5 Å². The lowest BCUT2D eigenvalue weighted by atomic mass is 9.63. The molecule has 0 spiro atoms. The van der Waals surface area contributed by atoms with Gasteiger partial charge in [0.2, 0.25) is 0 Å². The van der Waals surface area contributed by atoms with Crippen LogP contribution < -0.4 is 4.74 Å². The molecule has 6 aromatic rings. The lowest BCUT2D eigenvalue weighted by Crippen LogP contribution is -2.33. The summed E-state index contributed by atoms with van der Waals surface area (Å²) in [6.07, 6.45) is 12.4. The van der Waals surface area contributed by atoms with E-state index >= 15 is 0 Å². The molecule has 0 unspecified atom stereocenters. The van der Waals surface area contributed by atoms with Gasteiger partial charge in [0, 0.05) is 30.1 Å². The van der Waals surface area contributed by atoms with Crippen molar-refractivity contribution >= 4 is 27.9 Å². The average molecular weight is 974 g/mol. The second-order valence-corrected chi connectivity index (χ2v) is 21.0. The zero-order chi connectivity index (χ0) is 48.6. The summed E-state index contributed by atoms with van der Waals surface area (Å²) in [5, 5.41) is 18.7. The molecule has 0 aliphatic heterocycles. The predicted molar refractivity (Wildman–Crippen MR) is 269 cm³/mol. The van der Waals surface area contributed by atoms with Gasteiger partial charge in [-0.25, -0.2) is 0 Å². The van der Waals surface area contributed by atoms with Gasteiger partial charge in [0.1, 0.15) is 18.1 Å². The summed E-state index contributed by atoms with van der Waals surface area (Å²) in [6.45, 7) is 19.4. The van der Waals surface area contributed by atoms with Gasteiger partial charge < -0.3 is 19.3 Å². The van der Waals surface area contributed by atoms with Gasteiger partial charge in [0.15, 0.2) is 0 Å². The summed E-state index contributed by atoms with van der Waals surface area (Å²) < 4.78 is 19.2. The van der Waals surface area contributed by atoms with Crippen molar-refractivity contribution in [1.29, 1.82) is 0 Å². The molecule has 0 amide bonds. The van der Waals surface area contributed by atoms with Crippen molar-refractivity contribution in [2.75, 3.05) is 14.2 Å². The van der Waals surface area contributed by atoms with E-state index in [1.165, 1.54) is 62.2 Å². The Morgan fingerprint density at radius 2 is 1.00 bits per heavy atom. The van der Waals surface area contributed by atoms with E-state index in [0.717, 1.165) is 22.2 Å². The van der Waals surface area contributed by atoms with E-state index in [-0.39, 0.29) is 53.4 Å². The van der Waals surface area contributed by atoms with Crippen LogP contribution >= 0.6 is 15.9 Å². The number of benzene rings is 4. The Morgan fingerprint density at radius 3 is 1.40 bits per heavy atom. The van der Waals surface area contributed by atoms with Gasteiger partial charge >= 0.3 is 11.9 Å². The van der Waals surface area contributed by atoms with Crippen molar-refractivity contribution in [2.45, 2.75) is 140 Å². The summed E-state index contributed by atoms with van der Waals surface area (Å²) in [7, 11) is 2.77. The van der Waals surface area contributed by atoms with Crippen molar-refractivity contribution in [3.8, 4) is 11.5 Å². The van der Waals surface area contributed by atoms with E-state index in [1.54, 1.807) is 69.4 Å². The van der Waals surface area contributed by atoms with Crippen LogP contribution in [0.25, 0.3) is 0 Å². The quantitative estimate of drug-likeness (QED) is 0.0952. The number of hydrogen-bond donors (Lipinski definition) is 1. The normalized spacial score (nSPS) is 16.8. The number of aromatic nitrogens is 4. The highest BCUT2D eigenvalue weighted by molar-refractivity contribution is 9.08. The first-order valence-electron chi connectivity index (χ1n) is 23.2. The molecule has 0 radical (unpaired) electrons. The fourth-order valence-electron chi connectivity index (χ4n) is 9.23. The lowest BCUT2D eigenvalue weighted by Gasteiger charge is -2.42. The van der Waals surface area contributed by atoms with Gasteiger partial charge in [-0.05, 0) is 128 Å². The number of fused-ring (bicyclic) bond motifs is 2. The number of methoxy groups -OCH3 is 2. The Morgan fingerprint density at radius 1 is 0.597 bits per heavy atom. The largest absolute Gasteiger partial charge is 0.508 e. The Hall–Kier alpha value is -5.68. The van der Waals surface area contributed by atoms with Crippen LogP contribution in [0.4, 0.5) is 0 Å². The summed E-state index contributed by atoms with van der Waals surface area (Å²) in [4.78, 5) is 23.4. The first-order valence-corrected chi connectivity index (χ1v) is 24.4. The minimum absolute atomic E-state index is 0.184. The minimum atomic E-state index is -0.302. The molecule has 2 aliphatic carbocycles. The van der Waals surface area contributed by atoms with Crippen LogP contribution in [-0.4, -0.2) is 50.8 Å². The number of aromatic hydroxyl groups is 1. The molecule has 4 aromatic carbocycles. The molecule has 356 valence electrons. The fourth-order valence-corrected chi connectivity index (χ4v) is 9.58. The molecule has 0 saturated carbocycles. The number of nitrogens with zero attached hydrogens (tertiary/aromatic N) is 4. The molecule has 0 bridgehead atoms. The van der Waals surface area contributed by atoms with Gasteiger partial charge in [-0.1, -0.05) is 132 Å². The number of esters is 2. The van der Waals surface area contributed by atoms with Crippen LogP contribution in [0.3, 0.4) is 0 Å². The zero-order valence-electron chi connectivity index (χ0n) is 41.0. The molecule has 0 fully saturated rings. The molecule has 0 saturated heterocycles. The molecule has 2 atom stereocenters. The molecular formula is C56H69BrN4O6. The molecular weight excluding hydrogens is 905 g/mol. The van der Waals surface area contributed by atoms with E-state index in [9.17, 15) is 14.7 Å². The van der Waals surface area contributed by atoms with Crippen LogP contribution in [0, 0.1) is 0 Å². The number of alkyl halides is 1. The first-order chi connectivity index (χ1) is 31.8. The van der Waals surface area contributed by atoms with Gasteiger partial charge in [0.05, 0.1) is 39.1 Å². The Balaban J connectivity index is 0.000000183. The summed E-state index contributed by atoms with van der Waals surface area (Å²) in [5.41, 5.74) is 11.5. The Bertz CT molecular complexity index is 2550. The molecule has 8 rings (SSSR count). The third-order valence-corrected chi connectivity index (χ3v) is 14.4. The summed E-state index contributed by atoms with van der Waals surface area (Å²) in [5.74, 6) is 0.419. The van der Waals surface area contributed by atoms with E-state index in [1.807, 2.05) is 36.5 Å². The molecule has 2 heterocycles. The second-order valence-electron chi connectivity index (χ2n) is 20.4. The topological polar surface area (TPSA) is 118 Å². The maximum Gasteiger partial charge on any atom is 0.308 e. The van der Waals surface area contributed by atoms with Gasteiger partial charge in [-0.15, -0.1) is 0 Å². The third-order valence-electron chi connectivity index (χ3n) is 13.8. The molecule has 2 aliphatic rings. The van der Waals surface area contributed by atoms with Crippen LogP contribution in [-0.2, 0) is 52.7 Å². The van der Waals surface area contributed by atoms with Crippen molar-refractivity contribution in [3.05, 3.63) is 166 Å². The number of phenolic OH excluding ortho intramolecular Hbond substituents is 1. The highest BCUT2D eigenvalue weighted by Gasteiger charge is 2.38. The van der Waals surface area contributed by atoms with E-state index in [4.69, 9.17) is 14.2 Å². The molecule has 10 nitrogen and oxygen atoms in total. The zero-order valence-corrected chi connectivity index (χ0v) is 42.6. The molecule has 11 heteroatoms. The average Bonchev–Trinajstić information content (AvgIpc) is 4.07. The highest BCUT2D eigenvalue weighted by Crippen LogP contribution is 2.47. The number of rotatable bonds is 12. The number of halogens is 1.